The summed E-state index contributed by atoms with van der Waals surface area (Å²) in [5.41, 5.74) is 1.20. The van der Waals surface area contributed by atoms with Gasteiger partial charge in [-0.1, -0.05) is 23.7 Å². The average molecular weight is 319 g/mol. The van der Waals surface area contributed by atoms with Gasteiger partial charge in [-0.15, -0.1) is 0 Å². The van der Waals surface area contributed by atoms with Crippen LogP contribution in [0.1, 0.15) is 5.56 Å². The molecular weight excluding hydrogens is 310 g/mol. The molecule has 0 atom stereocenters. The van der Waals surface area contributed by atoms with Gasteiger partial charge in [0.25, 0.3) is 0 Å². The average Bonchev–Trinajstić information content (AvgIpc) is 2.56. The summed E-state index contributed by atoms with van der Waals surface area (Å²) in [6.07, 6.45) is 1.97. The molecule has 2 aromatic rings. The Morgan fingerprint density at radius 1 is 1.21 bits per heavy atom. The van der Waals surface area contributed by atoms with Crippen molar-refractivity contribution in [2.45, 2.75) is 6.54 Å². The van der Waals surface area contributed by atoms with E-state index in [1.165, 1.54) is 5.56 Å². The van der Waals surface area contributed by atoms with E-state index in [0.29, 0.717) is 0 Å². The molecule has 0 bridgehead atoms. The van der Waals surface area contributed by atoms with Crippen LogP contribution in [0.3, 0.4) is 0 Å². The maximum absolute atomic E-state index is 5.80. The van der Waals surface area contributed by atoms with E-state index in [4.69, 9.17) is 11.6 Å². The Labute approximate surface area is 101 Å². The summed E-state index contributed by atoms with van der Waals surface area (Å²) in [5.74, 6) is 0. The molecule has 0 unspecified atom stereocenters. The van der Waals surface area contributed by atoms with Crippen LogP contribution in [0.15, 0.2) is 36.5 Å². The molecular formula is C10H8ClIN2. The molecule has 2 rings (SSSR count). The van der Waals surface area contributed by atoms with Crippen molar-refractivity contribution in [1.82, 2.24) is 9.78 Å². The molecule has 0 radical (unpaired) electrons. The van der Waals surface area contributed by atoms with Crippen LogP contribution in [-0.2, 0) is 6.54 Å². The Kier molecular flexibility index (Phi) is 3.08. The van der Waals surface area contributed by atoms with Crippen molar-refractivity contribution in [3.05, 3.63) is 50.8 Å². The van der Waals surface area contributed by atoms with Gasteiger partial charge in [-0.05, 0) is 46.4 Å². The molecule has 0 aliphatic heterocycles. The van der Waals surface area contributed by atoms with Gasteiger partial charge < -0.3 is 0 Å². The fraction of sp³-hybridized carbons (Fsp3) is 0.100. The number of halogens is 2. The molecule has 0 saturated heterocycles. The Hall–Kier alpha value is -0.550. The summed E-state index contributed by atoms with van der Waals surface area (Å²) >= 11 is 7.99. The second kappa shape index (κ2) is 4.31. The predicted molar refractivity (Wildman–Crippen MR) is 65.5 cm³/mol. The molecule has 0 aliphatic carbocycles. The second-order valence-corrected chi connectivity index (χ2v) is 4.50. The summed E-state index contributed by atoms with van der Waals surface area (Å²) in [6.45, 7) is 0.792. The highest BCUT2D eigenvalue weighted by atomic mass is 127. The number of hydrogen-bond acceptors (Lipinski definition) is 1. The summed E-state index contributed by atoms with van der Waals surface area (Å²) in [4.78, 5) is 0. The summed E-state index contributed by atoms with van der Waals surface area (Å²) in [6, 6.07) is 9.79. The Balaban J connectivity index is 2.15. The first-order valence-corrected chi connectivity index (χ1v) is 5.63. The van der Waals surface area contributed by atoms with E-state index in [1.807, 2.05) is 41.2 Å². The fourth-order valence-electron chi connectivity index (χ4n) is 1.20. The monoisotopic (exact) mass is 318 g/mol. The lowest BCUT2D eigenvalue weighted by atomic mass is 10.2. The molecule has 1 aromatic heterocycles. The standard InChI is InChI=1S/C10H8ClIN2/c11-9-3-1-8(2-4-9)7-14-6-5-10(12)13-14/h1-6H,7H2. The van der Waals surface area contributed by atoms with E-state index in [-0.39, 0.29) is 0 Å². The number of rotatable bonds is 2. The lowest BCUT2D eigenvalue weighted by molar-refractivity contribution is 0.681. The Morgan fingerprint density at radius 2 is 1.93 bits per heavy atom. The molecule has 0 amide bonds. The van der Waals surface area contributed by atoms with E-state index in [0.717, 1.165) is 15.3 Å². The molecule has 1 aromatic carbocycles. The first-order valence-electron chi connectivity index (χ1n) is 4.17. The number of aromatic nitrogens is 2. The van der Waals surface area contributed by atoms with Gasteiger partial charge in [0.1, 0.15) is 3.70 Å². The van der Waals surface area contributed by atoms with Crippen LogP contribution in [0.5, 0.6) is 0 Å². The molecule has 0 aliphatic rings. The maximum atomic E-state index is 5.80. The van der Waals surface area contributed by atoms with E-state index in [9.17, 15) is 0 Å². The van der Waals surface area contributed by atoms with Gasteiger partial charge >= 0.3 is 0 Å². The molecule has 0 spiro atoms. The highest BCUT2D eigenvalue weighted by Crippen LogP contribution is 2.10. The first kappa shape index (κ1) is 9.98. The van der Waals surface area contributed by atoms with Crippen LogP contribution in [-0.4, -0.2) is 9.78 Å². The lowest BCUT2D eigenvalue weighted by Gasteiger charge is -2.01. The van der Waals surface area contributed by atoms with Gasteiger partial charge in [0, 0.05) is 11.2 Å². The van der Waals surface area contributed by atoms with Crippen molar-refractivity contribution < 1.29 is 0 Å². The van der Waals surface area contributed by atoms with Crippen molar-refractivity contribution >= 4 is 34.2 Å². The molecule has 0 saturated carbocycles. The summed E-state index contributed by atoms with van der Waals surface area (Å²) in [5, 5.41) is 5.07. The van der Waals surface area contributed by atoms with E-state index in [2.05, 4.69) is 27.7 Å². The minimum absolute atomic E-state index is 0.767. The Morgan fingerprint density at radius 3 is 2.50 bits per heavy atom. The third-order valence-corrected chi connectivity index (χ3v) is 2.69. The van der Waals surface area contributed by atoms with Crippen LogP contribution in [0.25, 0.3) is 0 Å². The van der Waals surface area contributed by atoms with E-state index >= 15 is 0 Å². The van der Waals surface area contributed by atoms with Crippen LogP contribution < -0.4 is 0 Å². The minimum atomic E-state index is 0.767. The smallest absolute Gasteiger partial charge is 0.123 e. The first-order chi connectivity index (χ1) is 6.74. The zero-order valence-corrected chi connectivity index (χ0v) is 10.2. The largest absolute Gasteiger partial charge is 0.267 e. The third kappa shape index (κ3) is 2.48. The molecule has 14 heavy (non-hydrogen) atoms. The number of hydrogen-bond donors (Lipinski definition) is 0. The maximum Gasteiger partial charge on any atom is 0.123 e. The SMILES string of the molecule is Clc1ccc(Cn2ccc(I)n2)cc1. The quantitative estimate of drug-likeness (QED) is 0.778. The molecule has 0 N–H and O–H groups in total. The lowest BCUT2D eigenvalue weighted by Crippen LogP contribution is -1.99. The van der Waals surface area contributed by atoms with Gasteiger partial charge in [0.2, 0.25) is 0 Å². The Bertz CT molecular complexity index is 422. The zero-order valence-electron chi connectivity index (χ0n) is 7.32. The van der Waals surface area contributed by atoms with Gasteiger partial charge in [-0.2, -0.15) is 5.10 Å². The molecule has 4 heteroatoms. The van der Waals surface area contributed by atoms with Gasteiger partial charge in [-0.3, -0.25) is 4.68 Å². The summed E-state index contributed by atoms with van der Waals surface area (Å²) < 4.78 is 2.92. The highest BCUT2D eigenvalue weighted by molar-refractivity contribution is 14.1. The topological polar surface area (TPSA) is 17.8 Å². The van der Waals surface area contributed by atoms with Crippen molar-refractivity contribution in [2.75, 3.05) is 0 Å². The predicted octanol–water partition coefficient (Wildman–Crippen LogP) is 3.19. The van der Waals surface area contributed by atoms with Gasteiger partial charge in [0.15, 0.2) is 0 Å². The molecule has 2 nitrogen and oxygen atoms in total. The third-order valence-electron chi connectivity index (χ3n) is 1.87. The molecule has 0 fully saturated rings. The minimum Gasteiger partial charge on any atom is -0.267 e. The number of nitrogens with zero attached hydrogens (tertiary/aromatic N) is 2. The van der Waals surface area contributed by atoms with Crippen molar-refractivity contribution in [3.63, 3.8) is 0 Å². The van der Waals surface area contributed by atoms with Crippen LogP contribution in [0, 0.1) is 3.70 Å². The van der Waals surface area contributed by atoms with Crippen LogP contribution >= 0.6 is 34.2 Å². The van der Waals surface area contributed by atoms with Gasteiger partial charge in [0.05, 0.1) is 6.54 Å². The molecule has 72 valence electrons. The van der Waals surface area contributed by atoms with E-state index < -0.39 is 0 Å². The van der Waals surface area contributed by atoms with Crippen LogP contribution in [0.4, 0.5) is 0 Å². The number of benzene rings is 1. The fourth-order valence-corrected chi connectivity index (χ4v) is 1.77. The van der Waals surface area contributed by atoms with Crippen molar-refractivity contribution in [1.29, 1.82) is 0 Å². The molecule has 1 heterocycles. The van der Waals surface area contributed by atoms with Gasteiger partial charge in [-0.25, -0.2) is 0 Å². The van der Waals surface area contributed by atoms with Crippen LogP contribution in [0.2, 0.25) is 5.02 Å². The normalized spacial score (nSPS) is 10.4. The zero-order chi connectivity index (χ0) is 9.97. The van der Waals surface area contributed by atoms with E-state index in [1.54, 1.807) is 0 Å². The van der Waals surface area contributed by atoms with Crippen molar-refractivity contribution in [3.8, 4) is 0 Å². The van der Waals surface area contributed by atoms with Crippen molar-refractivity contribution in [2.24, 2.45) is 0 Å². The highest BCUT2D eigenvalue weighted by Gasteiger charge is 1.97. The second-order valence-electron chi connectivity index (χ2n) is 2.96. The summed E-state index contributed by atoms with van der Waals surface area (Å²) in [7, 11) is 0.